The largest absolute Gasteiger partial charge is 0.369 e. The number of carbonyl (C=O) groups is 2. The molecule has 0 aliphatic carbocycles. The van der Waals surface area contributed by atoms with Gasteiger partial charge in [-0.2, -0.15) is 0 Å². The number of rotatable bonds is 4. The number of amides is 2. The zero-order chi connectivity index (χ0) is 24.1. The Kier molecular flexibility index (Phi) is 6.01. The summed E-state index contributed by atoms with van der Waals surface area (Å²) < 4.78 is 0. The second-order valence-corrected chi connectivity index (χ2v) is 10.5. The number of carbonyl (C=O) groups excluding carboxylic acids is 2. The van der Waals surface area contributed by atoms with Gasteiger partial charge in [-0.1, -0.05) is 30.7 Å². The third kappa shape index (κ3) is 4.37. The molecule has 33 heavy (non-hydrogen) atoms. The molecule has 2 aromatic carbocycles. The Hall–Kier alpha value is -2.84. The summed E-state index contributed by atoms with van der Waals surface area (Å²) >= 11 is 7.44. The Labute approximate surface area is 201 Å². The molecule has 172 valence electrons. The van der Waals surface area contributed by atoms with Gasteiger partial charge in [0, 0.05) is 35.4 Å². The van der Waals surface area contributed by atoms with Crippen LogP contribution in [0.3, 0.4) is 0 Å². The number of nitro benzene ring substituents is 1. The summed E-state index contributed by atoms with van der Waals surface area (Å²) in [5.41, 5.74) is 3.35. The number of nitrogens with zero attached hydrogens (tertiary/aromatic N) is 3. The molecule has 0 spiro atoms. The molecule has 2 aliphatic rings. The lowest BCUT2D eigenvalue weighted by Crippen LogP contribution is -2.45. The van der Waals surface area contributed by atoms with Gasteiger partial charge in [-0.05, 0) is 72.8 Å². The lowest BCUT2D eigenvalue weighted by atomic mass is 9.80. The van der Waals surface area contributed by atoms with E-state index >= 15 is 0 Å². The second-order valence-electron chi connectivity index (χ2n) is 9.10. The zero-order valence-corrected chi connectivity index (χ0v) is 20.4. The lowest BCUT2D eigenvalue weighted by Gasteiger charge is -2.45. The summed E-state index contributed by atoms with van der Waals surface area (Å²) in [5, 5.41) is 11.1. The summed E-state index contributed by atoms with van der Waals surface area (Å²) in [6.07, 6.45) is 2.64. The summed E-state index contributed by atoms with van der Waals surface area (Å²) in [6.45, 7) is 6.55. The Morgan fingerprint density at radius 3 is 2.70 bits per heavy atom. The maximum Gasteiger partial charge on any atom is 0.293 e. The minimum Gasteiger partial charge on any atom is -0.369 e. The van der Waals surface area contributed by atoms with Crippen LogP contribution in [0.2, 0.25) is 5.02 Å². The summed E-state index contributed by atoms with van der Waals surface area (Å²) in [4.78, 5) is 39.6. The van der Waals surface area contributed by atoms with Crippen LogP contribution in [0.1, 0.15) is 49.8 Å². The van der Waals surface area contributed by atoms with Crippen LogP contribution in [0.25, 0.3) is 6.08 Å². The van der Waals surface area contributed by atoms with E-state index in [4.69, 9.17) is 11.6 Å². The van der Waals surface area contributed by atoms with Gasteiger partial charge in [-0.15, -0.1) is 0 Å². The summed E-state index contributed by atoms with van der Waals surface area (Å²) in [6, 6.07) is 9.85. The van der Waals surface area contributed by atoms with E-state index in [1.165, 1.54) is 18.2 Å². The van der Waals surface area contributed by atoms with Crippen LogP contribution >= 0.6 is 23.4 Å². The smallest absolute Gasteiger partial charge is 0.293 e. The van der Waals surface area contributed by atoms with Crippen LogP contribution in [0, 0.1) is 10.1 Å². The van der Waals surface area contributed by atoms with E-state index in [0.29, 0.717) is 22.1 Å². The number of hydrogen-bond donors (Lipinski definition) is 0. The molecule has 0 saturated carbocycles. The quantitative estimate of drug-likeness (QED) is 0.291. The minimum absolute atomic E-state index is 0.00638. The fraction of sp³-hybridized carbons (Fsp3) is 0.333. The van der Waals surface area contributed by atoms with Crippen LogP contribution in [0.5, 0.6) is 0 Å². The first-order chi connectivity index (χ1) is 15.5. The topological polar surface area (TPSA) is 83.8 Å². The van der Waals surface area contributed by atoms with Gasteiger partial charge in [0.15, 0.2) is 0 Å². The van der Waals surface area contributed by atoms with E-state index < -0.39 is 16.1 Å². The molecule has 0 radical (unpaired) electrons. The van der Waals surface area contributed by atoms with Crippen molar-refractivity contribution in [2.24, 2.45) is 0 Å². The predicted molar refractivity (Wildman–Crippen MR) is 132 cm³/mol. The Balaban J connectivity index is 1.62. The predicted octanol–water partition coefficient (Wildman–Crippen LogP) is 6.21. The Bertz CT molecular complexity index is 1210. The standard InChI is InChI=1S/C24H24ClN3O4S/c1-14-12-24(2,3)26(4)20-11-19(25)16(9-18(14)20)10-21-22(29)27(23(30)33-21)13-15-6-5-7-17(8-15)28(31)32/h5-11,14H,12-13H2,1-4H3/b21-10-. The van der Waals surface area contributed by atoms with E-state index in [0.717, 1.165) is 34.3 Å². The average molecular weight is 486 g/mol. The third-order valence-corrected chi connectivity index (χ3v) is 7.61. The molecular formula is C24H24ClN3O4S. The number of halogens is 1. The van der Waals surface area contributed by atoms with Crippen molar-refractivity contribution in [3.63, 3.8) is 0 Å². The molecule has 0 N–H and O–H groups in total. The molecule has 0 aromatic heterocycles. The minimum atomic E-state index is -0.505. The second kappa shape index (κ2) is 8.50. The van der Waals surface area contributed by atoms with Crippen molar-refractivity contribution in [3.8, 4) is 0 Å². The van der Waals surface area contributed by atoms with E-state index in [9.17, 15) is 19.7 Å². The lowest BCUT2D eigenvalue weighted by molar-refractivity contribution is -0.384. The van der Waals surface area contributed by atoms with Crippen LogP contribution < -0.4 is 4.90 Å². The van der Waals surface area contributed by atoms with Gasteiger partial charge in [-0.3, -0.25) is 24.6 Å². The van der Waals surface area contributed by atoms with Crippen molar-refractivity contribution in [3.05, 3.63) is 73.1 Å². The van der Waals surface area contributed by atoms with Gasteiger partial charge in [0.1, 0.15) is 0 Å². The number of thioether (sulfide) groups is 1. The molecule has 2 heterocycles. The molecule has 0 bridgehead atoms. The molecule has 2 aromatic rings. The molecule has 4 rings (SSSR count). The van der Waals surface area contributed by atoms with E-state index in [1.54, 1.807) is 12.1 Å². The fourth-order valence-electron chi connectivity index (χ4n) is 4.44. The molecule has 1 saturated heterocycles. The van der Waals surface area contributed by atoms with Crippen molar-refractivity contribution >= 4 is 52.0 Å². The summed E-state index contributed by atoms with van der Waals surface area (Å²) in [5.74, 6) is -0.115. The zero-order valence-electron chi connectivity index (χ0n) is 18.8. The monoisotopic (exact) mass is 485 g/mol. The SMILES string of the molecule is CC1CC(C)(C)N(C)c2cc(Cl)c(/C=C3\SC(=O)N(Cc4cccc([N+](=O)[O-])c4)C3=O)cc21. The van der Waals surface area contributed by atoms with Crippen LogP contribution in [0.15, 0.2) is 41.3 Å². The van der Waals surface area contributed by atoms with Crippen molar-refractivity contribution in [1.82, 2.24) is 4.90 Å². The maximum atomic E-state index is 13.0. The summed E-state index contributed by atoms with van der Waals surface area (Å²) in [7, 11) is 2.06. The van der Waals surface area contributed by atoms with Crippen LogP contribution in [-0.4, -0.2) is 33.6 Å². The molecule has 1 fully saturated rings. The van der Waals surface area contributed by atoms with Gasteiger partial charge in [0.2, 0.25) is 0 Å². The highest BCUT2D eigenvalue weighted by Gasteiger charge is 2.37. The van der Waals surface area contributed by atoms with Gasteiger partial charge in [-0.25, -0.2) is 0 Å². The molecule has 9 heteroatoms. The van der Waals surface area contributed by atoms with Crippen molar-refractivity contribution in [1.29, 1.82) is 0 Å². The Morgan fingerprint density at radius 2 is 2.00 bits per heavy atom. The fourth-order valence-corrected chi connectivity index (χ4v) is 5.49. The number of anilines is 1. The Morgan fingerprint density at radius 1 is 1.27 bits per heavy atom. The number of hydrogen-bond acceptors (Lipinski definition) is 6. The van der Waals surface area contributed by atoms with E-state index in [2.05, 4.69) is 32.7 Å². The number of imide groups is 1. The highest BCUT2D eigenvalue weighted by atomic mass is 35.5. The molecule has 1 atom stereocenters. The van der Waals surface area contributed by atoms with E-state index in [-0.39, 0.29) is 22.7 Å². The van der Waals surface area contributed by atoms with Crippen molar-refractivity contribution in [2.45, 2.75) is 45.2 Å². The van der Waals surface area contributed by atoms with E-state index in [1.807, 2.05) is 12.1 Å². The highest BCUT2D eigenvalue weighted by Crippen LogP contribution is 2.45. The van der Waals surface area contributed by atoms with Crippen molar-refractivity contribution in [2.75, 3.05) is 11.9 Å². The molecule has 2 aliphatic heterocycles. The van der Waals surface area contributed by atoms with Gasteiger partial charge >= 0.3 is 0 Å². The average Bonchev–Trinajstić information content (AvgIpc) is 3.00. The maximum absolute atomic E-state index is 13.0. The van der Waals surface area contributed by atoms with Crippen molar-refractivity contribution < 1.29 is 14.5 Å². The molecule has 7 nitrogen and oxygen atoms in total. The number of nitro groups is 1. The normalized spacial score (nSPS) is 21.0. The first kappa shape index (κ1) is 23.3. The number of fused-ring (bicyclic) bond motifs is 1. The van der Waals surface area contributed by atoms with Gasteiger partial charge < -0.3 is 4.90 Å². The van der Waals surface area contributed by atoms with Crippen LogP contribution in [0.4, 0.5) is 16.2 Å². The first-order valence-corrected chi connectivity index (χ1v) is 11.7. The third-order valence-electron chi connectivity index (χ3n) is 6.37. The molecule has 1 unspecified atom stereocenters. The first-order valence-electron chi connectivity index (χ1n) is 10.5. The number of benzene rings is 2. The molecule has 2 amide bonds. The van der Waals surface area contributed by atoms with Gasteiger partial charge in [0.05, 0.1) is 16.4 Å². The van der Waals surface area contributed by atoms with Gasteiger partial charge in [0.25, 0.3) is 16.8 Å². The number of non-ortho nitro benzene ring substituents is 1. The molecular weight excluding hydrogens is 462 g/mol. The van der Waals surface area contributed by atoms with Crippen LogP contribution in [-0.2, 0) is 11.3 Å². The highest BCUT2D eigenvalue weighted by molar-refractivity contribution is 8.18.